The van der Waals surface area contributed by atoms with E-state index in [1.54, 1.807) is 43.2 Å². The molecule has 0 spiro atoms. The Morgan fingerprint density at radius 2 is 2.09 bits per heavy atom. The Morgan fingerprint density at radius 1 is 1.35 bits per heavy atom. The molecule has 3 rings (SSSR count). The molecule has 1 atom stereocenters. The Kier molecular flexibility index (Phi) is 4.45. The van der Waals surface area contributed by atoms with Crippen LogP contribution >= 0.6 is 0 Å². The zero-order valence-electron chi connectivity index (χ0n) is 13.2. The first kappa shape index (κ1) is 15.3. The second-order valence-corrected chi connectivity index (χ2v) is 5.39. The summed E-state index contributed by atoms with van der Waals surface area (Å²) in [5, 5.41) is 3.80. The highest BCUT2D eigenvalue weighted by molar-refractivity contribution is 5.78. The van der Waals surface area contributed by atoms with Crippen molar-refractivity contribution in [3.05, 3.63) is 36.0 Å². The summed E-state index contributed by atoms with van der Waals surface area (Å²) >= 11 is 0. The van der Waals surface area contributed by atoms with Crippen LogP contribution in [0.4, 0.5) is 0 Å². The number of hydrogen-bond acceptors (Lipinski definition) is 6. The molecule has 7 nitrogen and oxygen atoms in total. The van der Waals surface area contributed by atoms with Gasteiger partial charge < -0.3 is 18.9 Å². The molecule has 1 amide bonds. The van der Waals surface area contributed by atoms with Gasteiger partial charge in [-0.2, -0.15) is 4.98 Å². The molecule has 2 aromatic rings. The third kappa shape index (κ3) is 3.44. The summed E-state index contributed by atoms with van der Waals surface area (Å²) in [6.07, 6.45) is 1.75. The van der Waals surface area contributed by atoms with E-state index >= 15 is 0 Å². The lowest BCUT2D eigenvalue weighted by molar-refractivity contribution is -0.134. The number of rotatable bonds is 5. The molecule has 7 heteroatoms. The lowest BCUT2D eigenvalue weighted by atomic mass is 10.2. The fourth-order valence-corrected chi connectivity index (χ4v) is 2.67. The van der Waals surface area contributed by atoms with Crippen LogP contribution in [0.3, 0.4) is 0 Å². The lowest BCUT2D eigenvalue weighted by Crippen LogP contribution is -2.34. The second kappa shape index (κ2) is 6.68. The van der Waals surface area contributed by atoms with Crippen LogP contribution in [-0.4, -0.2) is 41.2 Å². The maximum atomic E-state index is 12.4. The van der Waals surface area contributed by atoms with E-state index in [2.05, 4.69) is 10.1 Å². The second-order valence-electron chi connectivity index (χ2n) is 5.39. The third-order valence-corrected chi connectivity index (χ3v) is 3.82. The van der Waals surface area contributed by atoms with E-state index in [9.17, 15) is 4.79 Å². The van der Waals surface area contributed by atoms with Crippen molar-refractivity contribution in [3.63, 3.8) is 0 Å². The highest BCUT2D eigenvalue weighted by Gasteiger charge is 2.33. The number of hydrogen-bond donors (Lipinski definition) is 0. The van der Waals surface area contributed by atoms with Crippen molar-refractivity contribution in [2.24, 2.45) is 0 Å². The molecule has 0 bridgehead atoms. The highest BCUT2D eigenvalue weighted by atomic mass is 16.5. The van der Waals surface area contributed by atoms with Crippen LogP contribution in [0.15, 0.2) is 28.8 Å². The molecule has 0 saturated carbocycles. The van der Waals surface area contributed by atoms with Crippen LogP contribution in [0.2, 0.25) is 0 Å². The van der Waals surface area contributed by atoms with E-state index in [0.29, 0.717) is 24.0 Å². The number of carbonyl (C=O) groups is 1. The predicted molar refractivity (Wildman–Crippen MR) is 81.2 cm³/mol. The Balaban J connectivity index is 1.60. The third-order valence-electron chi connectivity index (χ3n) is 3.82. The molecule has 0 radical (unpaired) electrons. The molecule has 23 heavy (non-hydrogen) atoms. The molecule has 0 aliphatic carbocycles. The molecule has 0 N–H and O–H groups in total. The number of aromatic nitrogens is 2. The molecule has 122 valence electrons. The topological polar surface area (TPSA) is 77.7 Å². The molecule has 1 unspecified atom stereocenters. The Labute approximate surface area is 134 Å². The van der Waals surface area contributed by atoms with Crippen molar-refractivity contribution in [2.75, 3.05) is 20.3 Å². The summed E-state index contributed by atoms with van der Waals surface area (Å²) in [7, 11) is 1.60. The van der Waals surface area contributed by atoms with Crippen LogP contribution in [0.1, 0.15) is 30.6 Å². The van der Waals surface area contributed by atoms with Crippen LogP contribution in [0.5, 0.6) is 11.5 Å². The van der Waals surface area contributed by atoms with Gasteiger partial charge in [0, 0.05) is 6.54 Å². The lowest BCUT2D eigenvalue weighted by Gasteiger charge is -2.21. The fraction of sp³-hybridized carbons (Fsp3) is 0.438. The average molecular weight is 317 g/mol. The number of benzene rings is 1. The summed E-state index contributed by atoms with van der Waals surface area (Å²) < 4.78 is 15.8. The molecule has 1 fully saturated rings. The van der Waals surface area contributed by atoms with E-state index in [1.807, 2.05) is 0 Å². The van der Waals surface area contributed by atoms with Gasteiger partial charge in [0.2, 0.25) is 5.89 Å². The van der Waals surface area contributed by atoms with E-state index in [4.69, 9.17) is 14.0 Å². The molecular formula is C16H19N3O4. The Bertz CT molecular complexity index is 668. The van der Waals surface area contributed by atoms with E-state index in [-0.39, 0.29) is 18.6 Å². The van der Waals surface area contributed by atoms with E-state index < -0.39 is 0 Å². The number of methoxy groups -OCH3 is 1. The summed E-state index contributed by atoms with van der Waals surface area (Å²) in [5.74, 6) is 2.37. The van der Waals surface area contributed by atoms with Gasteiger partial charge in [0.25, 0.3) is 5.91 Å². The highest BCUT2D eigenvalue weighted by Crippen LogP contribution is 2.31. The van der Waals surface area contributed by atoms with Gasteiger partial charge in [0.15, 0.2) is 12.4 Å². The molecule has 1 aromatic heterocycles. The normalized spacial score (nSPS) is 17.3. The number of nitrogens with zero attached hydrogens (tertiary/aromatic N) is 3. The van der Waals surface area contributed by atoms with Crippen LogP contribution in [-0.2, 0) is 4.79 Å². The zero-order chi connectivity index (χ0) is 16.2. The zero-order valence-corrected chi connectivity index (χ0v) is 13.2. The van der Waals surface area contributed by atoms with Gasteiger partial charge in [-0.1, -0.05) is 5.16 Å². The number of carbonyl (C=O) groups excluding carboxylic acids is 1. The SMILES string of the molecule is COc1ccc(OCC(=O)N2CCCC2c2nc(C)no2)cc1. The minimum Gasteiger partial charge on any atom is -0.497 e. The number of amides is 1. The molecular weight excluding hydrogens is 298 g/mol. The van der Waals surface area contributed by atoms with Gasteiger partial charge in [-0.15, -0.1) is 0 Å². The predicted octanol–water partition coefficient (Wildman–Crippen LogP) is 2.13. The van der Waals surface area contributed by atoms with Crippen LogP contribution < -0.4 is 9.47 Å². The fourth-order valence-electron chi connectivity index (χ4n) is 2.67. The molecule has 2 heterocycles. The molecule has 1 saturated heterocycles. The summed E-state index contributed by atoms with van der Waals surface area (Å²) in [5.41, 5.74) is 0. The van der Waals surface area contributed by atoms with Crippen LogP contribution in [0, 0.1) is 6.92 Å². The van der Waals surface area contributed by atoms with Gasteiger partial charge in [-0.3, -0.25) is 4.79 Å². The molecule has 1 aliphatic rings. The van der Waals surface area contributed by atoms with Gasteiger partial charge in [0.05, 0.1) is 7.11 Å². The summed E-state index contributed by atoms with van der Waals surface area (Å²) in [6, 6.07) is 6.98. The first-order chi connectivity index (χ1) is 11.2. The number of aryl methyl sites for hydroxylation is 1. The quantitative estimate of drug-likeness (QED) is 0.840. The maximum Gasteiger partial charge on any atom is 0.261 e. The minimum absolute atomic E-state index is 0.0179. The minimum atomic E-state index is -0.150. The van der Waals surface area contributed by atoms with Crippen molar-refractivity contribution in [1.29, 1.82) is 0 Å². The largest absolute Gasteiger partial charge is 0.497 e. The van der Waals surface area contributed by atoms with E-state index in [1.165, 1.54) is 0 Å². The summed E-state index contributed by atoms with van der Waals surface area (Å²) in [6.45, 7) is 2.42. The van der Waals surface area contributed by atoms with Gasteiger partial charge in [0.1, 0.15) is 17.5 Å². The standard InChI is InChI=1S/C16H19N3O4/c1-11-17-16(23-18-11)14-4-3-9-19(14)15(20)10-22-13-7-5-12(21-2)6-8-13/h5-8,14H,3-4,9-10H2,1-2H3. The van der Waals surface area contributed by atoms with Crippen LogP contribution in [0.25, 0.3) is 0 Å². The van der Waals surface area contributed by atoms with Crippen molar-refractivity contribution >= 4 is 5.91 Å². The first-order valence-electron chi connectivity index (χ1n) is 7.54. The number of likely N-dealkylation sites (tertiary alicyclic amines) is 1. The van der Waals surface area contributed by atoms with E-state index in [0.717, 1.165) is 18.6 Å². The first-order valence-corrected chi connectivity index (χ1v) is 7.54. The van der Waals surface area contributed by atoms with Gasteiger partial charge in [-0.05, 0) is 44.0 Å². The summed E-state index contributed by atoms with van der Waals surface area (Å²) in [4.78, 5) is 18.4. The van der Waals surface area contributed by atoms with Crippen molar-refractivity contribution < 1.29 is 18.8 Å². The van der Waals surface area contributed by atoms with Crippen molar-refractivity contribution in [1.82, 2.24) is 15.0 Å². The van der Waals surface area contributed by atoms with Gasteiger partial charge in [-0.25, -0.2) is 0 Å². The van der Waals surface area contributed by atoms with Crippen molar-refractivity contribution in [2.45, 2.75) is 25.8 Å². The Hall–Kier alpha value is -2.57. The van der Waals surface area contributed by atoms with Gasteiger partial charge >= 0.3 is 0 Å². The molecule has 1 aromatic carbocycles. The van der Waals surface area contributed by atoms with Crippen molar-refractivity contribution in [3.8, 4) is 11.5 Å². The monoisotopic (exact) mass is 317 g/mol. The average Bonchev–Trinajstić information content (AvgIpc) is 3.21. The maximum absolute atomic E-state index is 12.4. The Morgan fingerprint density at radius 3 is 2.74 bits per heavy atom. The smallest absolute Gasteiger partial charge is 0.261 e. The molecule has 1 aliphatic heterocycles. The number of ether oxygens (including phenoxy) is 2.